The van der Waals surface area contributed by atoms with E-state index >= 15 is 0 Å². The molecule has 10 heteroatoms. The molecule has 1 atom stereocenters. The summed E-state index contributed by atoms with van der Waals surface area (Å²) in [7, 11) is 0. The Labute approximate surface area is 207 Å². The number of fused-ring (bicyclic) bond motifs is 1. The Bertz CT molecular complexity index is 1420. The monoisotopic (exact) mass is 485 g/mol. The topological polar surface area (TPSA) is 110 Å². The van der Waals surface area contributed by atoms with Gasteiger partial charge in [0.25, 0.3) is 0 Å². The van der Waals surface area contributed by atoms with Crippen LogP contribution < -0.4 is 4.90 Å². The zero-order valence-electron chi connectivity index (χ0n) is 20.1. The van der Waals surface area contributed by atoms with Gasteiger partial charge in [0.05, 0.1) is 18.0 Å². The molecule has 1 unspecified atom stereocenters. The second kappa shape index (κ2) is 9.18. The largest absolute Gasteiger partial charge is 0.343 e. The van der Waals surface area contributed by atoms with Gasteiger partial charge >= 0.3 is 0 Å². The molecule has 2 aromatic carbocycles. The molecule has 0 radical (unpaired) electrons. The van der Waals surface area contributed by atoms with Crippen molar-refractivity contribution < 1.29 is 14.1 Å². The van der Waals surface area contributed by atoms with Crippen molar-refractivity contribution in [3.63, 3.8) is 0 Å². The molecule has 6 rings (SSSR count). The molecule has 4 heterocycles. The summed E-state index contributed by atoms with van der Waals surface area (Å²) in [4.78, 5) is 33.3. The molecule has 2 saturated heterocycles. The first-order valence-corrected chi connectivity index (χ1v) is 12.4. The van der Waals surface area contributed by atoms with Gasteiger partial charge in [0.1, 0.15) is 5.52 Å². The smallest absolute Gasteiger partial charge is 0.232 e. The maximum Gasteiger partial charge on any atom is 0.232 e. The number of carbonyl (C=O) groups excluding carboxylic acids is 2. The van der Waals surface area contributed by atoms with Gasteiger partial charge in [-0.25, -0.2) is 4.68 Å². The zero-order valence-corrected chi connectivity index (χ0v) is 20.1. The number of rotatable bonds is 6. The van der Waals surface area contributed by atoms with E-state index in [-0.39, 0.29) is 17.7 Å². The van der Waals surface area contributed by atoms with Gasteiger partial charge in [0, 0.05) is 43.7 Å². The first-order chi connectivity index (χ1) is 17.5. The minimum absolute atomic E-state index is 0.0462. The number of nitrogens with zero attached hydrogens (tertiary/aromatic N) is 7. The number of anilines is 1. The molecule has 2 amide bonds. The Morgan fingerprint density at radius 1 is 1.11 bits per heavy atom. The quantitative estimate of drug-likeness (QED) is 0.412. The number of hydrogen-bond donors (Lipinski definition) is 0. The Hall–Kier alpha value is -4.08. The highest BCUT2D eigenvalue weighted by Gasteiger charge is 2.35. The van der Waals surface area contributed by atoms with E-state index in [0.29, 0.717) is 43.2 Å². The van der Waals surface area contributed by atoms with Gasteiger partial charge < -0.3 is 14.3 Å². The van der Waals surface area contributed by atoms with Crippen molar-refractivity contribution in [1.82, 2.24) is 30.0 Å². The third kappa shape index (κ3) is 4.23. The molecule has 2 aliphatic rings. The van der Waals surface area contributed by atoms with Crippen molar-refractivity contribution in [2.75, 3.05) is 24.5 Å². The van der Waals surface area contributed by atoms with Crippen LogP contribution in [0, 0.1) is 6.92 Å². The predicted octanol–water partition coefficient (Wildman–Crippen LogP) is 3.32. The molecule has 36 heavy (non-hydrogen) atoms. The van der Waals surface area contributed by atoms with Crippen LogP contribution in [-0.4, -0.2) is 61.5 Å². The number of benzene rings is 2. The number of aryl methyl sites for hydroxylation is 2. The molecule has 4 aromatic rings. The summed E-state index contributed by atoms with van der Waals surface area (Å²) in [5, 5.41) is 12.7. The number of amides is 2. The molecule has 2 aliphatic heterocycles. The van der Waals surface area contributed by atoms with Crippen molar-refractivity contribution in [3.8, 4) is 11.4 Å². The molecule has 2 aromatic heterocycles. The lowest BCUT2D eigenvalue weighted by Gasteiger charge is -2.16. The summed E-state index contributed by atoms with van der Waals surface area (Å²) in [6.45, 7) is 4.72. The van der Waals surface area contributed by atoms with E-state index in [0.717, 1.165) is 48.3 Å². The van der Waals surface area contributed by atoms with Crippen LogP contribution in [-0.2, 0) is 16.1 Å². The molecule has 0 bridgehead atoms. The lowest BCUT2D eigenvalue weighted by molar-refractivity contribution is -0.130. The van der Waals surface area contributed by atoms with Crippen molar-refractivity contribution in [2.45, 2.75) is 45.1 Å². The van der Waals surface area contributed by atoms with E-state index < -0.39 is 0 Å². The van der Waals surface area contributed by atoms with E-state index in [1.165, 1.54) is 0 Å². The summed E-state index contributed by atoms with van der Waals surface area (Å²) in [6.07, 6.45) is 2.91. The number of carbonyl (C=O) groups is 2. The van der Waals surface area contributed by atoms with Crippen molar-refractivity contribution in [1.29, 1.82) is 0 Å². The lowest BCUT2D eigenvalue weighted by Crippen LogP contribution is -2.28. The molecule has 0 saturated carbocycles. The Morgan fingerprint density at radius 3 is 2.72 bits per heavy atom. The minimum atomic E-state index is -0.155. The predicted molar refractivity (Wildman–Crippen MR) is 132 cm³/mol. The van der Waals surface area contributed by atoms with Crippen molar-refractivity contribution in [3.05, 3.63) is 53.9 Å². The van der Waals surface area contributed by atoms with E-state index in [2.05, 4.69) is 20.5 Å². The molecule has 0 spiro atoms. The number of likely N-dealkylation sites (tertiary alicyclic amines) is 1. The van der Waals surface area contributed by atoms with Crippen LogP contribution in [0.15, 0.2) is 47.0 Å². The summed E-state index contributed by atoms with van der Waals surface area (Å²) in [5.41, 5.74) is 4.35. The van der Waals surface area contributed by atoms with Crippen LogP contribution in [0.3, 0.4) is 0 Å². The third-order valence-corrected chi connectivity index (χ3v) is 7.03. The summed E-state index contributed by atoms with van der Waals surface area (Å²) in [5.74, 6) is 0.963. The Kier molecular flexibility index (Phi) is 5.71. The Balaban J connectivity index is 1.15. The maximum atomic E-state index is 12.6. The van der Waals surface area contributed by atoms with Gasteiger partial charge in [-0.2, -0.15) is 4.98 Å². The number of aromatic nitrogens is 5. The van der Waals surface area contributed by atoms with Crippen LogP contribution >= 0.6 is 0 Å². The van der Waals surface area contributed by atoms with Gasteiger partial charge in [0.15, 0.2) is 0 Å². The van der Waals surface area contributed by atoms with Crippen LogP contribution in [0.5, 0.6) is 0 Å². The molecule has 10 nitrogen and oxygen atoms in total. The fourth-order valence-corrected chi connectivity index (χ4v) is 4.97. The van der Waals surface area contributed by atoms with E-state index in [1.807, 2.05) is 54.3 Å². The van der Waals surface area contributed by atoms with Gasteiger partial charge in [-0.05, 0) is 50.1 Å². The molecule has 184 valence electrons. The highest BCUT2D eigenvalue weighted by Crippen LogP contribution is 2.32. The molecule has 0 aliphatic carbocycles. The molecular weight excluding hydrogens is 458 g/mol. The normalized spacial score (nSPS) is 18.0. The Morgan fingerprint density at radius 2 is 1.92 bits per heavy atom. The first kappa shape index (κ1) is 22.4. The highest BCUT2D eigenvalue weighted by molar-refractivity contribution is 5.96. The van der Waals surface area contributed by atoms with Gasteiger partial charge in [-0.15, -0.1) is 5.10 Å². The SMILES string of the molecule is Cc1ccc(N2CC(c3nc(-c4ccc5c(c4)nnn5CCC(=O)N4CCCC4)no3)CC2=O)cc1. The fourth-order valence-electron chi connectivity index (χ4n) is 4.97. The maximum absolute atomic E-state index is 12.6. The molecular formula is C26H27N7O3. The van der Waals surface area contributed by atoms with Crippen molar-refractivity contribution in [2.24, 2.45) is 0 Å². The third-order valence-electron chi connectivity index (χ3n) is 7.03. The van der Waals surface area contributed by atoms with E-state index in [4.69, 9.17) is 4.52 Å². The average Bonchev–Trinajstić information content (AvgIpc) is 3.69. The van der Waals surface area contributed by atoms with Gasteiger partial charge in [-0.1, -0.05) is 28.1 Å². The van der Waals surface area contributed by atoms with Crippen LogP contribution in [0.25, 0.3) is 22.4 Å². The second-order valence-electron chi connectivity index (χ2n) is 9.55. The summed E-state index contributed by atoms with van der Waals surface area (Å²) in [6, 6.07) is 13.6. The fraction of sp³-hybridized carbons (Fsp3) is 0.385. The average molecular weight is 486 g/mol. The molecule has 2 fully saturated rings. The summed E-state index contributed by atoms with van der Waals surface area (Å²) < 4.78 is 7.32. The number of hydrogen-bond acceptors (Lipinski definition) is 7. The van der Waals surface area contributed by atoms with Crippen molar-refractivity contribution >= 4 is 28.5 Å². The summed E-state index contributed by atoms with van der Waals surface area (Å²) >= 11 is 0. The van der Waals surface area contributed by atoms with Crippen LogP contribution in [0.1, 0.15) is 43.1 Å². The lowest BCUT2D eigenvalue weighted by atomic mass is 10.1. The standard InChI is InChI=1S/C26H27N7O3/c1-17-4-7-20(8-5-17)32-16-19(15-24(32)35)26-27-25(29-36-26)18-6-9-22-21(14-18)28-30-33(22)13-10-23(34)31-11-2-3-12-31/h4-9,14,19H,2-3,10-13,15-16H2,1H3. The van der Waals surface area contributed by atoms with E-state index in [9.17, 15) is 9.59 Å². The zero-order chi connectivity index (χ0) is 24.6. The van der Waals surface area contributed by atoms with Gasteiger partial charge in [-0.3, -0.25) is 9.59 Å². The van der Waals surface area contributed by atoms with E-state index in [1.54, 1.807) is 9.58 Å². The van der Waals surface area contributed by atoms with Gasteiger partial charge in [0.2, 0.25) is 23.5 Å². The highest BCUT2D eigenvalue weighted by atomic mass is 16.5. The van der Waals surface area contributed by atoms with Crippen LogP contribution in [0.2, 0.25) is 0 Å². The van der Waals surface area contributed by atoms with Crippen LogP contribution in [0.4, 0.5) is 5.69 Å². The second-order valence-corrected chi connectivity index (χ2v) is 9.55. The molecule has 0 N–H and O–H groups in total. The first-order valence-electron chi connectivity index (χ1n) is 12.4. The minimum Gasteiger partial charge on any atom is -0.343 e.